The van der Waals surface area contributed by atoms with Gasteiger partial charge in [-0.05, 0) is 43.0 Å². The maximum absolute atomic E-state index is 13.1. The molecule has 1 unspecified atom stereocenters. The molecule has 2 aromatic carbocycles. The van der Waals surface area contributed by atoms with Crippen LogP contribution in [-0.4, -0.2) is 27.3 Å². The largest absolute Gasteiger partial charge is 0.355 e. The standard InChI is InChI=1S/C26H30BrN3O2S/c1-4-8-23(24(31)28-16-15-19-9-6-5-7-10-19)33-26-29-18(2)22(25(32)30(26)3)17-20-11-13-21(27)14-12-20/h5-7,9-14,23H,4,8,15-17H2,1-3H3,(H,28,31). The molecule has 5 nitrogen and oxygen atoms in total. The Morgan fingerprint density at radius 2 is 1.82 bits per heavy atom. The van der Waals surface area contributed by atoms with Gasteiger partial charge in [0.25, 0.3) is 5.56 Å². The first-order valence-corrected chi connectivity index (χ1v) is 12.9. The second-order valence-electron chi connectivity index (χ2n) is 8.05. The number of nitrogens with one attached hydrogen (secondary N) is 1. The molecule has 1 amide bonds. The number of hydrogen-bond donors (Lipinski definition) is 1. The number of aryl methyl sites for hydroxylation is 1. The molecule has 0 aliphatic heterocycles. The molecule has 0 bridgehead atoms. The third-order valence-corrected chi connectivity index (χ3v) is 7.33. The Morgan fingerprint density at radius 1 is 1.12 bits per heavy atom. The minimum Gasteiger partial charge on any atom is -0.355 e. The number of rotatable bonds is 10. The molecule has 0 saturated carbocycles. The third kappa shape index (κ3) is 7.05. The van der Waals surface area contributed by atoms with E-state index in [9.17, 15) is 9.59 Å². The molecule has 0 saturated heterocycles. The van der Waals surface area contributed by atoms with Gasteiger partial charge in [0.15, 0.2) is 5.16 Å². The molecule has 0 fully saturated rings. The van der Waals surface area contributed by atoms with Crippen molar-refractivity contribution in [3.05, 3.63) is 91.8 Å². The van der Waals surface area contributed by atoms with Crippen molar-refractivity contribution in [1.29, 1.82) is 0 Å². The highest BCUT2D eigenvalue weighted by Crippen LogP contribution is 2.25. The van der Waals surface area contributed by atoms with E-state index in [1.807, 2.05) is 49.4 Å². The summed E-state index contributed by atoms with van der Waals surface area (Å²) in [6, 6.07) is 18.1. The minimum absolute atomic E-state index is 0.0105. The lowest BCUT2D eigenvalue weighted by atomic mass is 10.1. The molecule has 0 aliphatic carbocycles. The number of carbonyl (C=O) groups excluding carboxylic acids is 1. The molecule has 0 aliphatic rings. The van der Waals surface area contributed by atoms with Crippen molar-refractivity contribution < 1.29 is 4.79 Å². The van der Waals surface area contributed by atoms with Gasteiger partial charge in [-0.15, -0.1) is 0 Å². The molecule has 7 heteroatoms. The highest BCUT2D eigenvalue weighted by molar-refractivity contribution is 9.10. The van der Waals surface area contributed by atoms with E-state index in [0.717, 1.165) is 29.3 Å². The third-order valence-electron chi connectivity index (χ3n) is 5.49. The van der Waals surface area contributed by atoms with Gasteiger partial charge >= 0.3 is 0 Å². The van der Waals surface area contributed by atoms with Crippen molar-refractivity contribution in [2.75, 3.05) is 6.54 Å². The number of aromatic nitrogens is 2. The minimum atomic E-state index is -0.291. The summed E-state index contributed by atoms with van der Waals surface area (Å²) >= 11 is 4.82. The Morgan fingerprint density at radius 3 is 2.48 bits per heavy atom. The van der Waals surface area contributed by atoms with E-state index in [0.29, 0.717) is 29.4 Å². The van der Waals surface area contributed by atoms with E-state index in [4.69, 9.17) is 4.98 Å². The van der Waals surface area contributed by atoms with Crippen molar-refractivity contribution in [2.45, 2.75) is 49.9 Å². The Bertz CT molecular complexity index is 1130. The summed E-state index contributed by atoms with van der Waals surface area (Å²) in [5.74, 6) is -0.0105. The number of benzene rings is 2. The first kappa shape index (κ1) is 25.2. The molecule has 174 valence electrons. The van der Waals surface area contributed by atoms with Crippen LogP contribution in [0.4, 0.5) is 0 Å². The molecule has 1 atom stereocenters. The van der Waals surface area contributed by atoms with Crippen LogP contribution in [0.5, 0.6) is 0 Å². The van der Waals surface area contributed by atoms with Crippen LogP contribution in [0.15, 0.2) is 69.0 Å². The summed E-state index contributed by atoms with van der Waals surface area (Å²) in [4.78, 5) is 30.7. The van der Waals surface area contributed by atoms with Crippen LogP contribution < -0.4 is 10.9 Å². The summed E-state index contributed by atoms with van der Waals surface area (Å²) in [6.45, 7) is 4.51. The summed E-state index contributed by atoms with van der Waals surface area (Å²) in [5.41, 5.74) is 3.58. The van der Waals surface area contributed by atoms with E-state index in [-0.39, 0.29) is 16.7 Å². The van der Waals surface area contributed by atoms with E-state index in [1.165, 1.54) is 17.3 Å². The lowest BCUT2D eigenvalue weighted by Gasteiger charge is -2.18. The van der Waals surface area contributed by atoms with Gasteiger partial charge in [0.05, 0.1) is 5.25 Å². The summed E-state index contributed by atoms with van der Waals surface area (Å²) in [7, 11) is 1.73. The Kier molecular flexibility index (Phi) is 9.32. The van der Waals surface area contributed by atoms with Gasteiger partial charge in [-0.25, -0.2) is 4.98 Å². The number of carbonyl (C=O) groups is 1. The molecule has 3 aromatic rings. The number of thioether (sulfide) groups is 1. The normalized spacial score (nSPS) is 11.9. The zero-order chi connectivity index (χ0) is 23.8. The summed E-state index contributed by atoms with van der Waals surface area (Å²) in [6.07, 6.45) is 2.91. The molecular formula is C26H30BrN3O2S. The van der Waals surface area contributed by atoms with Crippen LogP contribution >= 0.6 is 27.7 Å². The number of halogens is 1. The summed E-state index contributed by atoms with van der Waals surface area (Å²) in [5, 5.41) is 3.34. The number of nitrogens with zero attached hydrogens (tertiary/aromatic N) is 2. The van der Waals surface area contributed by atoms with Crippen LogP contribution in [-0.2, 0) is 24.7 Å². The monoisotopic (exact) mass is 527 g/mol. The van der Waals surface area contributed by atoms with E-state index >= 15 is 0 Å². The van der Waals surface area contributed by atoms with Crippen molar-refractivity contribution in [3.8, 4) is 0 Å². The van der Waals surface area contributed by atoms with E-state index in [2.05, 4.69) is 40.3 Å². The van der Waals surface area contributed by atoms with Crippen molar-refractivity contribution in [3.63, 3.8) is 0 Å². The van der Waals surface area contributed by atoms with Gasteiger partial charge in [0, 0.05) is 35.7 Å². The zero-order valence-electron chi connectivity index (χ0n) is 19.3. The first-order chi connectivity index (χ1) is 15.9. The highest BCUT2D eigenvalue weighted by Gasteiger charge is 2.22. The average Bonchev–Trinajstić information content (AvgIpc) is 2.81. The van der Waals surface area contributed by atoms with Crippen molar-refractivity contribution >= 4 is 33.6 Å². The molecular weight excluding hydrogens is 498 g/mol. The van der Waals surface area contributed by atoms with Gasteiger partial charge in [-0.3, -0.25) is 14.2 Å². The lowest BCUT2D eigenvalue weighted by Crippen LogP contribution is -2.35. The lowest BCUT2D eigenvalue weighted by molar-refractivity contribution is -0.120. The molecule has 3 rings (SSSR count). The molecule has 0 spiro atoms. The van der Waals surface area contributed by atoms with Gasteiger partial charge in [-0.2, -0.15) is 0 Å². The fraction of sp³-hybridized carbons (Fsp3) is 0.346. The fourth-order valence-corrected chi connectivity index (χ4v) is 5.06. The van der Waals surface area contributed by atoms with Crippen molar-refractivity contribution in [2.24, 2.45) is 7.05 Å². The van der Waals surface area contributed by atoms with Crippen LogP contribution in [0.3, 0.4) is 0 Å². The fourth-order valence-electron chi connectivity index (χ4n) is 3.57. The smallest absolute Gasteiger partial charge is 0.257 e. The second-order valence-corrected chi connectivity index (χ2v) is 10.1. The predicted octanol–water partition coefficient (Wildman–Crippen LogP) is 5.06. The maximum atomic E-state index is 13.1. The van der Waals surface area contributed by atoms with Gasteiger partial charge in [-0.1, -0.05) is 83.5 Å². The zero-order valence-corrected chi connectivity index (χ0v) is 21.7. The van der Waals surface area contributed by atoms with Gasteiger partial charge < -0.3 is 5.32 Å². The van der Waals surface area contributed by atoms with Gasteiger partial charge in [0.2, 0.25) is 5.91 Å². The molecule has 1 N–H and O–H groups in total. The van der Waals surface area contributed by atoms with Crippen LogP contribution in [0.2, 0.25) is 0 Å². The average molecular weight is 529 g/mol. The van der Waals surface area contributed by atoms with Gasteiger partial charge in [0.1, 0.15) is 0 Å². The Balaban J connectivity index is 1.71. The quantitative estimate of drug-likeness (QED) is 0.295. The van der Waals surface area contributed by atoms with Crippen LogP contribution in [0.1, 0.15) is 42.1 Å². The molecule has 1 aromatic heterocycles. The Labute approximate surface area is 208 Å². The molecule has 33 heavy (non-hydrogen) atoms. The predicted molar refractivity (Wildman–Crippen MR) is 139 cm³/mol. The number of amides is 1. The van der Waals surface area contributed by atoms with Crippen LogP contribution in [0, 0.1) is 6.92 Å². The summed E-state index contributed by atoms with van der Waals surface area (Å²) < 4.78 is 2.58. The highest BCUT2D eigenvalue weighted by atomic mass is 79.9. The second kappa shape index (κ2) is 12.2. The number of hydrogen-bond acceptors (Lipinski definition) is 4. The first-order valence-electron chi connectivity index (χ1n) is 11.2. The topological polar surface area (TPSA) is 64.0 Å². The van der Waals surface area contributed by atoms with E-state index in [1.54, 1.807) is 11.6 Å². The Hall–Kier alpha value is -2.38. The van der Waals surface area contributed by atoms with Crippen LogP contribution in [0.25, 0.3) is 0 Å². The SMILES string of the molecule is CCCC(Sc1nc(C)c(Cc2ccc(Br)cc2)c(=O)n1C)C(=O)NCCc1ccccc1. The molecule has 0 radical (unpaired) electrons. The molecule has 1 heterocycles. The maximum Gasteiger partial charge on any atom is 0.257 e. The van der Waals surface area contributed by atoms with Crippen molar-refractivity contribution in [1.82, 2.24) is 14.9 Å². The van der Waals surface area contributed by atoms with E-state index < -0.39 is 0 Å².